The molecule has 0 saturated heterocycles. The lowest BCUT2D eigenvalue weighted by Gasteiger charge is -2.11. The summed E-state index contributed by atoms with van der Waals surface area (Å²) in [5.74, 6) is 2.13. The van der Waals surface area contributed by atoms with E-state index >= 15 is 0 Å². The molecule has 0 aliphatic heterocycles. The Balaban J connectivity index is 1.29. The van der Waals surface area contributed by atoms with Crippen LogP contribution >= 0.6 is 21.6 Å². The third kappa shape index (κ3) is 11.7. The standard InChI is InChI=1S/C34H41N4S2/c1-36(2)32-19-14-30(15-20-32)12-8-6-5-7-10-24-35-25-28-39-40-29-27-38-26-11-9-13-34(38)23-18-31-16-21-33(22-17-31)37(3)4/h5-24,26H,25,27-29H2,1-4H3/q+1/p+1/b6-5+,10-7-,12-8+,35-24?. The summed E-state index contributed by atoms with van der Waals surface area (Å²) < 4.78 is 2.32. The Kier molecular flexibility index (Phi) is 14.0. The Morgan fingerprint density at radius 1 is 0.650 bits per heavy atom. The molecule has 4 nitrogen and oxygen atoms in total. The van der Waals surface area contributed by atoms with Crippen molar-refractivity contribution in [1.82, 2.24) is 0 Å². The van der Waals surface area contributed by atoms with Crippen molar-refractivity contribution in [2.45, 2.75) is 6.54 Å². The van der Waals surface area contributed by atoms with Crippen LogP contribution in [0.1, 0.15) is 16.8 Å². The summed E-state index contributed by atoms with van der Waals surface area (Å²) in [4.78, 5) is 7.58. The van der Waals surface area contributed by atoms with Gasteiger partial charge in [-0.25, -0.2) is 4.99 Å². The fourth-order valence-electron chi connectivity index (χ4n) is 3.71. The minimum atomic E-state index is 0.952. The molecule has 0 aliphatic carbocycles. The second kappa shape index (κ2) is 18.0. The molecule has 3 aromatic rings. The van der Waals surface area contributed by atoms with E-state index in [1.807, 2.05) is 52.1 Å². The molecule has 0 aliphatic rings. The largest absolute Gasteiger partial charge is 0.378 e. The summed E-state index contributed by atoms with van der Waals surface area (Å²) in [7, 11) is 12.1. The van der Waals surface area contributed by atoms with Crippen LogP contribution in [-0.4, -0.2) is 52.5 Å². The number of pyridine rings is 1. The molecule has 1 heterocycles. The van der Waals surface area contributed by atoms with Gasteiger partial charge in [0.25, 0.3) is 0 Å². The van der Waals surface area contributed by atoms with Gasteiger partial charge in [-0.2, -0.15) is 4.57 Å². The molecule has 6 heteroatoms. The lowest BCUT2D eigenvalue weighted by molar-refractivity contribution is -0.694. The summed E-state index contributed by atoms with van der Waals surface area (Å²) in [6.45, 7) is 1.94. The van der Waals surface area contributed by atoms with Crippen LogP contribution < -0.4 is 19.4 Å². The molecule has 3 rings (SSSR count). The van der Waals surface area contributed by atoms with Gasteiger partial charge < -0.3 is 9.80 Å². The average molecular weight is 571 g/mol. The molecule has 0 atom stereocenters. The smallest absolute Gasteiger partial charge is 0.205 e. The van der Waals surface area contributed by atoms with Crippen molar-refractivity contribution in [2.24, 2.45) is 0 Å². The monoisotopic (exact) mass is 570 g/mol. The number of hydrogen-bond acceptors (Lipinski definition) is 4. The van der Waals surface area contributed by atoms with Crippen LogP contribution in [0.25, 0.3) is 18.2 Å². The topological polar surface area (TPSA) is 24.3 Å². The number of rotatable bonds is 15. The Bertz CT molecular complexity index is 1290. The van der Waals surface area contributed by atoms with Gasteiger partial charge in [-0.3, -0.25) is 0 Å². The molecule has 208 valence electrons. The van der Waals surface area contributed by atoms with Gasteiger partial charge in [0.2, 0.25) is 5.69 Å². The summed E-state index contributed by atoms with van der Waals surface area (Å²) >= 11 is 0. The SMILES string of the molecule is CN(C)c1ccc(/C=C/C=C/C=C\C=[NH+]CCSSCC[n+]2ccccc2/C=C/c2ccc(N(C)C)cc2)cc1. The normalized spacial score (nSPS) is 12.1. The molecule has 0 fully saturated rings. The second-order valence-corrected chi connectivity index (χ2v) is 12.2. The van der Waals surface area contributed by atoms with Crippen molar-refractivity contribution in [3.05, 3.63) is 120 Å². The zero-order valence-electron chi connectivity index (χ0n) is 24.1. The minimum Gasteiger partial charge on any atom is -0.378 e. The van der Waals surface area contributed by atoms with Gasteiger partial charge in [0.05, 0.1) is 11.5 Å². The zero-order chi connectivity index (χ0) is 28.4. The molecule has 1 aromatic heterocycles. The number of nitrogens with one attached hydrogen (secondary N) is 1. The highest BCUT2D eigenvalue weighted by molar-refractivity contribution is 8.76. The van der Waals surface area contributed by atoms with Gasteiger partial charge in [-0.1, -0.05) is 76.2 Å². The molecule has 2 aromatic carbocycles. The molecule has 0 bridgehead atoms. The van der Waals surface area contributed by atoms with Crippen LogP contribution in [0.4, 0.5) is 11.4 Å². The summed E-state index contributed by atoms with van der Waals surface area (Å²) in [5, 5.41) is 0. The van der Waals surface area contributed by atoms with Crippen molar-refractivity contribution in [1.29, 1.82) is 0 Å². The van der Waals surface area contributed by atoms with Crippen LogP contribution in [0.5, 0.6) is 0 Å². The second-order valence-electron chi connectivity index (χ2n) is 9.52. The predicted molar refractivity (Wildman–Crippen MR) is 181 cm³/mol. The molecule has 40 heavy (non-hydrogen) atoms. The van der Waals surface area contributed by atoms with Crippen LogP contribution in [-0.2, 0) is 6.54 Å². The lowest BCUT2D eigenvalue weighted by Crippen LogP contribution is -2.69. The van der Waals surface area contributed by atoms with Crippen LogP contribution in [0, 0.1) is 0 Å². The highest BCUT2D eigenvalue weighted by Gasteiger charge is 2.06. The van der Waals surface area contributed by atoms with Crippen molar-refractivity contribution < 1.29 is 9.56 Å². The van der Waals surface area contributed by atoms with E-state index < -0.39 is 0 Å². The average Bonchev–Trinajstić information content (AvgIpc) is 2.97. The molecule has 0 radical (unpaired) electrons. The Labute approximate surface area is 248 Å². The van der Waals surface area contributed by atoms with E-state index in [-0.39, 0.29) is 0 Å². The first-order valence-corrected chi connectivity index (χ1v) is 16.0. The van der Waals surface area contributed by atoms with E-state index in [4.69, 9.17) is 0 Å². The fourth-order valence-corrected chi connectivity index (χ4v) is 5.60. The fraction of sp³-hybridized carbons (Fsp3) is 0.235. The molecular weight excluding hydrogens is 529 g/mol. The molecule has 0 amide bonds. The van der Waals surface area contributed by atoms with E-state index in [1.54, 1.807) is 0 Å². The van der Waals surface area contributed by atoms with Gasteiger partial charge in [0.15, 0.2) is 25.5 Å². The van der Waals surface area contributed by atoms with Crippen LogP contribution in [0.15, 0.2) is 103 Å². The van der Waals surface area contributed by atoms with E-state index in [2.05, 4.69) is 145 Å². The van der Waals surface area contributed by atoms with E-state index in [9.17, 15) is 0 Å². The maximum absolute atomic E-state index is 3.36. The summed E-state index contributed by atoms with van der Waals surface area (Å²) in [5.41, 5.74) is 6.05. The Morgan fingerprint density at radius 3 is 1.93 bits per heavy atom. The number of allylic oxidation sites excluding steroid dienone is 5. The summed E-state index contributed by atoms with van der Waals surface area (Å²) in [6.07, 6.45) is 20.9. The predicted octanol–water partition coefficient (Wildman–Crippen LogP) is 5.64. The van der Waals surface area contributed by atoms with Gasteiger partial charge in [0, 0.05) is 63.9 Å². The molecule has 0 unspecified atom stereocenters. The molecular formula is C34H42N4S2+2. The van der Waals surface area contributed by atoms with Crippen molar-refractivity contribution in [3.8, 4) is 0 Å². The van der Waals surface area contributed by atoms with Gasteiger partial charge in [-0.15, -0.1) is 0 Å². The van der Waals surface area contributed by atoms with Crippen molar-refractivity contribution >= 4 is 57.4 Å². The van der Waals surface area contributed by atoms with Crippen molar-refractivity contribution in [2.75, 3.05) is 56.0 Å². The number of benzene rings is 2. The number of anilines is 2. The molecule has 0 spiro atoms. The van der Waals surface area contributed by atoms with Gasteiger partial charge in [0.1, 0.15) is 0 Å². The maximum atomic E-state index is 3.36. The lowest BCUT2D eigenvalue weighted by atomic mass is 10.1. The minimum absolute atomic E-state index is 0.952. The number of aromatic nitrogens is 1. The molecule has 0 saturated carbocycles. The molecule has 1 N–H and O–H groups in total. The summed E-state index contributed by atoms with van der Waals surface area (Å²) in [6, 6.07) is 23.5. The van der Waals surface area contributed by atoms with Crippen LogP contribution in [0.3, 0.4) is 0 Å². The van der Waals surface area contributed by atoms with Crippen LogP contribution in [0.2, 0.25) is 0 Å². The third-order valence-electron chi connectivity index (χ3n) is 6.02. The van der Waals surface area contributed by atoms with Gasteiger partial charge >= 0.3 is 0 Å². The number of nitrogens with zero attached hydrogens (tertiary/aromatic N) is 3. The first-order valence-electron chi connectivity index (χ1n) is 13.6. The Hall–Kier alpha value is -3.48. The van der Waals surface area contributed by atoms with E-state index in [0.29, 0.717) is 0 Å². The third-order valence-corrected chi connectivity index (χ3v) is 8.40. The maximum Gasteiger partial charge on any atom is 0.205 e. The van der Waals surface area contributed by atoms with E-state index in [1.165, 1.54) is 28.2 Å². The first kappa shape index (κ1) is 31.1. The van der Waals surface area contributed by atoms with Crippen molar-refractivity contribution in [3.63, 3.8) is 0 Å². The zero-order valence-corrected chi connectivity index (χ0v) is 25.7. The Morgan fingerprint density at radius 2 is 1.25 bits per heavy atom. The number of hydrogen-bond donors (Lipinski definition) is 1. The van der Waals surface area contributed by atoms with Gasteiger partial charge in [-0.05, 0) is 47.5 Å². The number of aryl methyl sites for hydroxylation is 1. The highest BCUT2D eigenvalue weighted by Crippen LogP contribution is 2.19. The quantitative estimate of drug-likeness (QED) is 0.0841. The highest BCUT2D eigenvalue weighted by atomic mass is 33.1. The first-order chi connectivity index (χ1) is 19.5. The van der Waals surface area contributed by atoms with E-state index in [0.717, 1.165) is 24.6 Å².